The van der Waals surface area contributed by atoms with Gasteiger partial charge in [0.25, 0.3) is 0 Å². The van der Waals surface area contributed by atoms with Crippen LogP contribution in [-0.2, 0) is 4.79 Å². The lowest BCUT2D eigenvalue weighted by molar-refractivity contribution is -0.149. The topological polar surface area (TPSA) is 99.8 Å². The minimum atomic E-state index is -0.789. The summed E-state index contributed by atoms with van der Waals surface area (Å²) in [5.41, 5.74) is -0.132. The average Bonchev–Trinajstić information content (AvgIpc) is 3.19. The Kier molecular flexibility index (Phi) is 3.00. The van der Waals surface area contributed by atoms with Crippen LogP contribution in [0.25, 0.3) is 5.65 Å². The predicted molar refractivity (Wildman–Crippen MR) is 81.0 cm³/mol. The summed E-state index contributed by atoms with van der Waals surface area (Å²) >= 11 is 0. The number of likely N-dealkylation sites (tertiary alicyclic amines) is 1. The van der Waals surface area contributed by atoms with Gasteiger partial charge in [-0.05, 0) is 30.9 Å². The fourth-order valence-electron chi connectivity index (χ4n) is 3.89. The third-order valence-electron chi connectivity index (χ3n) is 5.12. The molecular weight excluding hydrogens is 298 g/mol. The van der Waals surface area contributed by atoms with Gasteiger partial charge in [-0.3, -0.25) is 14.5 Å². The van der Waals surface area contributed by atoms with Crippen molar-refractivity contribution in [1.29, 1.82) is 0 Å². The molecule has 2 aliphatic rings. The van der Waals surface area contributed by atoms with Crippen LogP contribution in [0, 0.1) is 11.3 Å². The van der Waals surface area contributed by atoms with Gasteiger partial charge in [0.2, 0.25) is 5.95 Å². The molecule has 2 fully saturated rings. The molecule has 1 saturated heterocycles. The van der Waals surface area contributed by atoms with E-state index in [1.54, 1.807) is 21.6 Å². The number of aromatic nitrogens is 3. The van der Waals surface area contributed by atoms with Crippen LogP contribution in [0.5, 0.6) is 0 Å². The van der Waals surface area contributed by atoms with Gasteiger partial charge in [0.05, 0.1) is 5.41 Å². The van der Waals surface area contributed by atoms with E-state index in [0.29, 0.717) is 24.6 Å². The van der Waals surface area contributed by atoms with Crippen LogP contribution in [-0.4, -0.2) is 49.7 Å². The first kappa shape index (κ1) is 14.0. The fraction of sp³-hybridized carbons (Fsp3) is 0.467. The molecule has 0 radical (unpaired) electrons. The lowest BCUT2D eigenvalue weighted by atomic mass is 9.81. The van der Waals surface area contributed by atoms with E-state index in [1.807, 2.05) is 12.1 Å². The summed E-state index contributed by atoms with van der Waals surface area (Å²) in [5.74, 6) is -0.406. The number of amides is 2. The standard InChI is InChI=1S/C15H17N5O3/c21-12(22)15-6-3-4-10(15)8-19(9-15)14(23)16-13-18-17-11-5-1-2-7-20(11)13/h1-2,5,7,10H,3-4,6,8-9H2,(H,21,22)(H,16,18,23)/t10-,15+/m0/s1. The molecule has 2 atom stereocenters. The number of carbonyl (C=O) groups is 2. The summed E-state index contributed by atoms with van der Waals surface area (Å²) in [6.45, 7) is 0.741. The summed E-state index contributed by atoms with van der Waals surface area (Å²) in [7, 11) is 0. The molecule has 0 spiro atoms. The third-order valence-corrected chi connectivity index (χ3v) is 5.12. The van der Waals surface area contributed by atoms with Gasteiger partial charge >= 0.3 is 12.0 Å². The zero-order chi connectivity index (χ0) is 16.0. The molecule has 1 aliphatic carbocycles. The number of rotatable bonds is 2. The molecule has 3 heterocycles. The van der Waals surface area contributed by atoms with Gasteiger partial charge < -0.3 is 10.0 Å². The minimum Gasteiger partial charge on any atom is -0.481 e. The third kappa shape index (κ3) is 2.05. The lowest BCUT2D eigenvalue weighted by Gasteiger charge is -2.23. The zero-order valence-corrected chi connectivity index (χ0v) is 12.5. The molecule has 1 aliphatic heterocycles. The molecule has 1 saturated carbocycles. The molecule has 8 nitrogen and oxygen atoms in total. The normalized spacial score (nSPS) is 26.4. The van der Waals surface area contributed by atoms with Gasteiger partial charge in [-0.25, -0.2) is 4.79 Å². The van der Waals surface area contributed by atoms with Crippen molar-refractivity contribution in [3.8, 4) is 0 Å². The van der Waals surface area contributed by atoms with Crippen LogP contribution >= 0.6 is 0 Å². The monoisotopic (exact) mass is 315 g/mol. The maximum Gasteiger partial charge on any atom is 0.324 e. The molecule has 23 heavy (non-hydrogen) atoms. The first-order valence-corrected chi connectivity index (χ1v) is 7.69. The summed E-state index contributed by atoms with van der Waals surface area (Å²) in [6.07, 6.45) is 4.19. The van der Waals surface area contributed by atoms with Crippen molar-refractivity contribution in [2.45, 2.75) is 19.3 Å². The maximum absolute atomic E-state index is 12.5. The van der Waals surface area contributed by atoms with Crippen LogP contribution in [0.2, 0.25) is 0 Å². The molecule has 0 unspecified atom stereocenters. The second kappa shape index (κ2) is 4.94. The highest BCUT2D eigenvalue weighted by Crippen LogP contribution is 2.48. The summed E-state index contributed by atoms with van der Waals surface area (Å²) in [5, 5.41) is 20.3. The van der Waals surface area contributed by atoms with E-state index in [-0.39, 0.29) is 18.5 Å². The van der Waals surface area contributed by atoms with Crippen LogP contribution in [0.1, 0.15) is 19.3 Å². The Labute approximate surface area is 132 Å². The molecule has 120 valence electrons. The number of nitrogens with one attached hydrogen (secondary N) is 1. The molecule has 2 amide bonds. The molecular formula is C15H17N5O3. The summed E-state index contributed by atoms with van der Waals surface area (Å²) < 4.78 is 1.68. The molecule has 2 aromatic rings. The van der Waals surface area contributed by atoms with Crippen molar-refractivity contribution < 1.29 is 14.7 Å². The van der Waals surface area contributed by atoms with Crippen LogP contribution in [0.15, 0.2) is 24.4 Å². The largest absolute Gasteiger partial charge is 0.481 e. The Balaban J connectivity index is 1.53. The Bertz CT molecular complexity index is 788. The van der Waals surface area contributed by atoms with Crippen LogP contribution in [0.3, 0.4) is 0 Å². The highest BCUT2D eigenvalue weighted by molar-refractivity contribution is 5.89. The van der Waals surface area contributed by atoms with E-state index in [2.05, 4.69) is 15.5 Å². The van der Waals surface area contributed by atoms with E-state index in [0.717, 1.165) is 12.8 Å². The smallest absolute Gasteiger partial charge is 0.324 e. The molecule has 8 heteroatoms. The van der Waals surface area contributed by atoms with E-state index < -0.39 is 11.4 Å². The SMILES string of the molecule is O=C(Nc1nnc2ccccn12)N1C[C@@H]2CCC[C@@]2(C(=O)O)C1. The van der Waals surface area contributed by atoms with Gasteiger partial charge in [0, 0.05) is 19.3 Å². The second-order valence-electron chi connectivity index (χ2n) is 6.31. The van der Waals surface area contributed by atoms with Crippen LogP contribution < -0.4 is 5.32 Å². The fourth-order valence-corrected chi connectivity index (χ4v) is 3.89. The van der Waals surface area contributed by atoms with E-state index in [4.69, 9.17) is 0 Å². The number of hydrogen-bond donors (Lipinski definition) is 2. The van der Waals surface area contributed by atoms with Crippen molar-refractivity contribution in [2.75, 3.05) is 18.4 Å². The van der Waals surface area contributed by atoms with E-state index >= 15 is 0 Å². The van der Waals surface area contributed by atoms with Crippen molar-refractivity contribution in [3.05, 3.63) is 24.4 Å². The van der Waals surface area contributed by atoms with Crippen molar-refractivity contribution >= 4 is 23.6 Å². The van der Waals surface area contributed by atoms with Gasteiger partial charge in [-0.2, -0.15) is 0 Å². The van der Waals surface area contributed by atoms with E-state index in [9.17, 15) is 14.7 Å². The lowest BCUT2D eigenvalue weighted by Crippen LogP contribution is -2.39. The molecule has 2 aromatic heterocycles. The Morgan fingerprint density at radius 3 is 3.00 bits per heavy atom. The first-order valence-electron chi connectivity index (χ1n) is 7.69. The van der Waals surface area contributed by atoms with E-state index in [1.165, 1.54) is 0 Å². The summed E-state index contributed by atoms with van der Waals surface area (Å²) in [4.78, 5) is 25.8. The highest BCUT2D eigenvalue weighted by Gasteiger charge is 2.55. The van der Waals surface area contributed by atoms with Crippen molar-refractivity contribution in [1.82, 2.24) is 19.5 Å². The summed E-state index contributed by atoms with van der Waals surface area (Å²) in [6, 6.07) is 5.14. The molecule has 2 N–H and O–H groups in total. The number of pyridine rings is 1. The number of aliphatic carboxylic acids is 1. The van der Waals surface area contributed by atoms with Gasteiger partial charge in [0.1, 0.15) is 0 Å². The Morgan fingerprint density at radius 2 is 2.22 bits per heavy atom. The zero-order valence-electron chi connectivity index (χ0n) is 12.5. The van der Waals surface area contributed by atoms with Crippen molar-refractivity contribution in [3.63, 3.8) is 0 Å². The highest BCUT2D eigenvalue weighted by atomic mass is 16.4. The number of carbonyl (C=O) groups excluding carboxylic acids is 1. The first-order chi connectivity index (χ1) is 11.1. The quantitative estimate of drug-likeness (QED) is 0.873. The number of urea groups is 1. The van der Waals surface area contributed by atoms with Gasteiger partial charge in [-0.15, -0.1) is 10.2 Å². The van der Waals surface area contributed by atoms with Gasteiger partial charge in [-0.1, -0.05) is 12.5 Å². The number of anilines is 1. The maximum atomic E-state index is 12.5. The molecule has 0 bridgehead atoms. The van der Waals surface area contributed by atoms with Crippen LogP contribution in [0.4, 0.5) is 10.7 Å². The number of nitrogens with zero attached hydrogens (tertiary/aromatic N) is 4. The predicted octanol–water partition coefficient (Wildman–Crippen LogP) is 1.45. The second-order valence-corrected chi connectivity index (χ2v) is 6.31. The Hall–Kier alpha value is -2.64. The number of fused-ring (bicyclic) bond motifs is 2. The molecule has 0 aromatic carbocycles. The van der Waals surface area contributed by atoms with Gasteiger partial charge in [0.15, 0.2) is 5.65 Å². The van der Waals surface area contributed by atoms with Crippen molar-refractivity contribution in [2.24, 2.45) is 11.3 Å². The Morgan fingerprint density at radius 1 is 1.35 bits per heavy atom. The minimum absolute atomic E-state index is 0.0425. The number of hydrogen-bond acceptors (Lipinski definition) is 4. The average molecular weight is 315 g/mol. The number of carboxylic acids is 1. The molecule has 4 rings (SSSR count). The number of carboxylic acid groups (broad SMARTS) is 1.